The highest BCUT2D eigenvalue weighted by Gasteiger charge is 2.06. The molecule has 0 saturated heterocycles. The molecule has 0 saturated carbocycles. The number of halogens is 1. The lowest BCUT2D eigenvalue weighted by Crippen LogP contribution is -2.60. The summed E-state index contributed by atoms with van der Waals surface area (Å²) >= 11 is 0. The molecule has 4 nitrogen and oxygen atoms in total. The smallest absolute Gasteiger partial charge is 0.185 e. The van der Waals surface area contributed by atoms with Crippen LogP contribution in [0.25, 0.3) is 0 Å². The first-order chi connectivity index (χ1) is 2.56. The first-order valence-electron chi connectivity index (χ1n) is 1.03. The van der Waals surface area contributed by atoms with Gasteiger partial charge in [0.05, 0.1) is 10.2 Å². The van der Waals surface area contributed by atoms with Crippen LogP contribution in [-0.4, -0.2) is 10.5 Å². The maximum Gasteiger partial charge on any atom is 0.359 e. The van der Waals surface area contributed by atoms with Gasteiger partial charge in [-0.2, -0.15) is 14.0 Å². The molecule has 0 fully saturated rings. The molecule has 0 aromatic rings. The predicted molar refractivity (Wildman–Crippen MR) is 11.0 cm³/mol. The van der Waals surface area contributed by atoms with Gasteiger partial charge in [0.15, 0.2) is 0 Å². The first-order valence-corrected chi connectivity index (χ1v) is 3.08. The van der Waals surface area contributed by atoms with Crippen LogP contribution in [0.1, 0.15) is 0 Å². The highest BCUT2D eigenvalue weighted by Crippen LogP contribution is 1.76. The predicted octanol–water partition coefficient (Wildman–Crippen LogP) is -4.82. The van der Waals surface area contributed by atoms with E-state index in [2.05, 4.69) is 3.98 Å². The molecule has 38 valence electrons. The second kappa shape index (κ2) is 1.87. The third-order valence-corrected chi connectivity index (χ3v) is 1.70. The van der Waals surface area contributed by atoms with Crippen molar-refractivity contribution in [2.75, 3.05) is 0 Å². The van der Waals surface area contributed by atoms with E-state index in [4.69, 9.17) is 0 Å². The Bertz CT molecular complexity index is 37.3. The molecule has 0 heterocycles. The second-order valence-electron chi connectivity index (χ2n) is 0.532. The van der Waals surface area contributed by atoms with Crippen molar-refractivity contribution in [2.45, 2.75) is 0 Å². The minimum Gasteiger partial charge on any atom is -0.185 e. The summed E-state index contributed by atoms with van der Waals surface area (Å²) in [5.74, 6) is 0. The summed E-state index contributed by atoms with van der Waals surface area (Å²) in [7, 11) is -4.18. The Labute approximate surface area is 39.6 Å². The van der Waals surface area contributed by atoms with Crippen LogP contribution in [0.15, 0.2) is 0 Å². The van der Waals surface area contributed by atoms with Crippen LogP contribution >= 0.6 is 0 Å². The highest BCUT2D eigenvalue weighted by molar-refractivity contribution is 5.97. The first kappa shape index (κ1) is 6.35. The van der Waals surface area contributed by atoms with Gasteiger partial charge in [-0.15, -0.1) is 0 Å². The van der Waals surface area contributed by atoms with Crippen LogP contribution in [0.2, 0.25) is 0 Å². The number of hydrogen-bond donors (Lipinski definition) is 0. The van der Waals surface area contributed by atoms with E-state index in [1.54, 1.807) is 0 Å². The minimum absolute atomic E-state index is 0.0648. The van der Waals surface area contributed by atoms with Crippen molar-refractivity contribution >= 4 is 10.5 Å². The van der Waals surface area contributed by atoms with E-state index >= 15 is 0 Å². The van der Waals surface area contributed by atoms with E-state index in [0.717, 1.165) is 0 Å². The van der Waals surface area contributed by atoms with E-state index in [1.165, 1.54) is 0 Å². The Morgan fingerprint density at radius 3 is 1.50 bits per heavy atom. The molecular weight excluding hydrogens is 128 g/mol. The largest absolute Gasteiger partial charge is 0.359 e. The SMILES string of the molecule is [O-][Cl+3]([O-])([O-])O[SiH3]. The summed E-state index contributed by atoms with van der Waals surface area (Å²) in [6.45, 7) is 0. The molecule has 0 aliphatic heterocycles. The van der Waals surface area contributed by atoms with E-state index < -0.39 is 10.2 Å². The lowest BCUT2D eigenvalue weighted by molar-refractivity contribution is -1.91. The van der Waals surface area contributed by atoms with Crippen molar-refractivity contribution in [3.8, 4) is 0 Å². The fourth-order valence-electron chi connectivity index (χ4n) is 0. The van der Waals surface area contributed by atoms with Crippen LogP contribution < -0.4 is 14.0 Å². The molecule has 0 unspecified atom stereocenters. The summed E-state index contributed by atoms with van der Waals surface area (Å²) in [6.07, 6.45) is 0. The lowest BCUT2D eigenvalue weighted by Gasteiger charge is -2.10. The van der Waals surface area contributed by atoms with Crippen molar-refractivity contribution < 1.29 is 28.2 Å². The van der Waals surface area contributed by atoms with Gasteiger partial charge in [0, 0.05) is 0 Å². The summed E-state index contributed by atoms with van der Waals surface area (Å²) in [6, 6.07) is 0. The Kier molecular flexibility index (Phi) is 1.98. The molecule has 0 aliphatic carbocycles. The molecule has 0 radical (unpaired) electrons. The molecule has 0 spiro atoms. The van der Waals surface area contributed by atoms with Crippen LogP contribution in [0.5, 0.6) is 0 Å². The van der Waals surface area contributed by atoms with Gasteiger partial charge in [-0.3, -0.25) is 0 Å². The Morgan fingerprint density at radius 1 is 1.33 bits per heavy atom. The van der Waals surface area contributed by atoms with Gasteiger partial charge in [0.2, 0.25) is 0 Å². The molecule has 0 rings (SSSR count). The van der Waals surface area contributed by atoms with Crippen LogP contribution in [0, 0.1) is 10.2 Å². The zero-order valence-corrected chi connectivity index (χ0v) is 5.77. The molecule has 6 heteroatoms. The number of rotatable bonds is 1. The van der Waals surface area contributed by atoms with Gasteiger partial charge < -0.3 is 0 Å². The molecule has 0 aromatic carbocycles. The fourth-order valence-corrected chi connectivity index (χ4v) is 0. The van der Waals surface area contributed by atoms with Crippen molar-refractivity contribution in [3.63, 3.8) is 0 Å². The highest BCUT2D eigenvalue weighted by atomic mass is 35.7. The zero-order chi connectivity index (χ0) is 5.21. The average molecular weight is 131 g/mol. The van der Waals surface area contributed by atoms with Crippen molar-refractivity contribution in [1.82, 2.24) is 0 Å². The van der Waals surface area contributed by atoms with E-state index in [9.17, 15) is 14.0 Å². The summed E-state index contributed by atoms with van der Waals surface area (Å²) in [4.78, 5) is 0. The van der Waals surface area contributed by atoms with E-state index in [1.807, 2.05) is 0 Å². The van der Waals surface area contributed by atoms with Crippen LogP contribution in [0.3, 0.4) is 0 Å². The normalized spacial score (nSPS) is 12.5. The third kappa shape index (κ3) is 4.35. The Hall–Kier alpha value is 0.347. The quantitative estimate of drug-likeness (QED) is 0.334. The molecule has 0 N–H and O–H groups in total. The molecule has 0 aromatic heterocycles. The topological polar surface area (TPSA) is 78.4 Å². The average Bonchev–Trinajstić information content (AvgIpc) is 1.35. The molecular formula is H3ClO4Si. The Balaban J connectivity index is 3.17. The van der Waals surface area contributed by atoms with Gasteiger partial charge in [-0.05, 0) is 3.98 Å². The standard InChI is InChI=1S/ClH3O4Si/c2-1(3,4)5-6/h6H3. The maximum absolute atomic E-state index is 9.23. The van der Waals surface area contributed by atoms with Gasteiger partial charge >= 0.3 is 10.5 Å². The van der Waals surface area contributed by atoms with Gasteiger partial charge in [-0.25, -0.2) is 0 Å². The number of hydrogen-bond acceptors (Lipinski definition) is 4. The summed E-state index contributed by atoms with van der Waals surface area (Å²) in [5.41, 5.74) is 0. The van der Waals surface area contributed by atoms with E-state index in [0.29, 0.717) is 0 Å². The molecule has 6 heavy (non-hydrogen) atoms. The van der Waals surface area contributed by atoms with Crippen LogP contribution in [-0.2, 0) is 3.98 Å². The van der Waals surface area contributed by atoms with Gasteiger partial charge in [-0.1, -0.05) is 0 Å². The van der Waals surface area contributed by atoms with Gasteiger partial charge in [0.1, 0.15) is 0 Å². The van der Waals surface area contributed by atoms with Gasteiger partial charge in [0.25, 0.3) is 0 Å². The molecule has 0 bridgehead atoms. The van der Waals surface area contributed by atoms with Crippen molar-refractivity contribution in [2.24, 2.45) is 0 Å². The molecule has 0 atom stereocenters. The molecule has 0 aliphatic rings. The fraction of sp³-hybridized carbons (Fsp3) is 0. The van der Waals surface area contributed by atoms with Crippen molar-refractivity contribution in [1.29, 1.82) is 0 Å². The summed E-state index contributed by atoms with van der Waals surface area (Å²) in [5, 5.41) is 0. The minimum atomic E-state index is -4.12. The second-order valence-corrected chi connectivity index (χ2v) is 2.52. The van der Waals surface area contributed by atoms with Crippen LogP contribution in [0.4, 0.5) is 0 Å². The monoisotopic (exact) mass is 130 g/mol. The molecule has 0 amide bonds. The zero-order valence-electron chi connectivity index (χ0n) is 3.01. The third-order valence-electron chi connectivity index (χ3n) is 0.189. The van der Waals surface area contributed by atoms with Crippen molar-refractivity contribution in [3.05, 3.63) is 0 Å². The summed E-state index contributed by atoms with van der Waals surface area (Å²) < 4.78 is 31.2. The lowest BCUT2D eigenvalue weighted by atomic mass is 15.8. The van der Waals surface area contributed by atoms with E-state index in [-0.39, 0.29) is 10.5 Å². The maximum atomic E-state index is 9.23. The Morgan fingerprint density at radius 2 is 1.50 bits per heavy atom.